The molecule has 1 aliphatic rings. The van der Waals surface area contributed by atoms with Gasteiger partial charge in [-0.1, -0.05) is 73.3 Å². The van der Waals surface area contributed by atoms with E-state index in [2.05, 4.69) is 78.8 Å². The molecule has 0 spiro atoms. The van der Waals surface area contributed by atoms with Crippen molar-refractivity contribution in [2.45, 2.75) is 46.7 Å². The van der Waals surface area contributed by atoms with Gasteiger partial charge in [-0.05, 0) is 116 Å². The van der Waals surface area contributed by atoms with Crippen LogP contribution in [0, 0.1) is 31.4 Å². The summed E-state index contributed by atoms with van der Waals surface area (Å²) in [5.74, 6) is -0.0689. The lowest BCUT2D eigenvalue weighted by atomic mass is 9.91. The van der Waals surface area contributed by atoms with Gasteiger partial charge in [0.25, 0.3) is 0 Å². The van der Waals surface area contributed by atoms with Crippen molar-refractivity contribution in [1.82, 2.24) is 4.90 Å². The van der Waals surface area contributed by atoms with E-state index in [0.29, 0.717) is 12.5 Å². The highest BCUT2D eigenvalue weighted by Crippen LogP contribution is 2.34. The van der Waals surface area contributed by atoms with Crippen LogP contribution in [0.25, 0.3) is 5.57 Å². The second-order valence-electron chi connectivity index (χ2n) is 11.4. The number of aryl methyl sites for hydroxylation is 2. The van der Waals surface area contributed by atoms with E-state index < -0.39 is 0 Å². The van der Waals surface area contributed by atoms with Crippen LogP contribution in [0.5, 0.6) is 0 Å². The fourth-order valence-electron chi connectivity index (χ4n) is 6.19. The Bertz CT molecular complexity index is 1580. The summed E-state index contributed by atoms with van der Waals surface area (Å²) < 4.78 is 27.9. The molecule has 0 atom stereocenters. The van der Waals surface area contributed by atoms with Gasteiger partial charge in [-0.15, -0.1) is 0 Å². The molecule has 1 saturated heterocycles. The Hall–Kier alpha value is -4.02. The zero-order valence-electron chi connectivity index (χ0n) is 24.9. The molecule has 1 fully saturated rings. The monoisotopic (exact) mass is 562 g/mol. The Kier molecular flexibility index (Phi) is 9.34. The average Bonchev–Trinajstić information content (AvgIpc) is 2.98. The lowest BCUT2D eigenvalue weighted by molar-refractivity contribution is 0.190. The molecule has 4 heteroatoms. The van der Waals surface area contributed by atoms with Crippen LogP contribution in [0.3, 0.4) is 0 Å². The summed E-state index contributed by atoms with van der Waals surface area (Å²) in [5.41, 5.74) is 9.92. The number of hydrogen-bond acceptors (Lipinski definition) is 2. The smallest absolute Gasteiger partial charge is 0.123 e. The minimum atomic E-state index is -0.219. The lowest BCUT2D eigenvalue weighted by Crippen LogP contribution is -2.37. The van der Waals surface area contributed by atoms with Gasteiger partial charge in [0.15, 0.2) is 0 Å². The van der Waals surface area contributed by atoms with Crippen molar-refractivity contribution in [3.63, 3.8) is 0 Å². The molecule has 0 bridgehead atoms. The number of nitrogens with zero attached hydrogens (tertiary/aromatic N) is 2. The second-order valence-corrected chi connectivity index (χ2v) is 11.4. The zero-order valence-corrected chi connectivity index (χ0v) is 24.9. The summed E-state index contributed by atoms with van der Waals surface area (Å²) in [6.07, 6.45) is 4.12. The molecule has 0 saturated carbocycles. The molecule has 0 aromatic heterocycles. The molecule has 4 aromatic rings. The Morgan fingerprint density at radius 1 is 0.833 bits per heavy atom. The predicted molar refractivity (Wildman–Crippen MR) is 171 cm³/mol. The molecule has 0 radical (unpaired) electrons. The molecule has 216 valence electrons. The van der Waals surface area contributed by atoms with Crippen LogP contribution >= 0.6 is 0 Å². The SMILES string of the molecule is C=C(C1CCN(Cc2ccc(/C(=C\C)c3cccc(F)c3)c(C)c2)CC1)N(Cc1cccc(F)c1)c1ccccc1C. The van der Waals surface area contributed by atoms with E-state index in [0.717, 1.165) is 66.1 Å². The normalized spacial score (nSPS) is 14.6. The lowest BCUT2D eigenvalue weighted by Gasteiger charge is -2.38. The quantitative estimate of drug-likeness (QED) is 0.200. The largest absolute Gasteiger partial charge is 0.341 e. The second kappa shape index (κ2) is 13.3. The minimum absolute atomic E-state index is 0.213. The summed E-state index contributed by atoms with van der Waals surface area (Å²) >= 11 is 0. The zero-order chi connectivity index (χ0) is 29.6. The maximum Gasteiger partial charge on any atom is 0.123 e. The van der Waals surface area contributed by atoms with Crippen LogP contribution in [0.4, 0.5) is 14.5 Å². The number of rotatable bonds is 9. The number of hydrogen-bond donors (Lipinski definition) is 0. The first-order valence-electron chi connectivity index (χ1n) is 14.8. The third-order valence-electron chi connectivity index (χ3n) is 8.45. The Balaban J connectivity index is 1.25. The maximum absolute atomic E-state index is 14.0. The minimum Gasteiger partial charge on any atom is -0.341 e. The summed E-state index contributed by atoms with van der Waals surface area (Å²) in [6.45, 7) is 14.3. The fourth-order valence-corrected chi connectivity index (χ4v) is 6.19. The van der Waals surface area contributed by atoms with Crippen LogP contribution in [0.2, 0.25) is 0 Å². The van der Waals surface area contributed by atoms with Crippen LogP contribution in [0.15, 0.2) is 109 Å². The van der Waals surface area contributed by atoms with Crippen molar-refractivity contribution in [3.05, 3.63) is 154 Å². The van der Waals surface area contributed by atoms with Crippen LogP contribution in [0.1, 0.15) is 53.1 Å². The summed E-state index contributed by atoms with van der Waals surface area (Å²) in [4.78, 5) is 4.80. The van der Waals surface area contributed by atoms with Crippen LogP contribution in [-0.2, 0) is 13.1 Å². The van der Waals surface area contributed by atoms with Crippen molar-refractivity contribution >= 4 is 11.3 Å². The van der Waals surface area contributed by atoms with Gasteiger partial charge in [-0.25, -0.2) is 8.78 Å². The van der Waals surface area contributed by atoms with Gasteiger partial charge in [0.2, 0.25) is 0 Å². The highest BCUT2D eigenvalue weighted by Gasteiger charge is 2.26. The molecule has 5 rings (SSSR count). The predicted octanol–water partition coefficient (Wildman–Crippen LogP) is 9.47. The van der Waals surface area contributed by atoms with Crippen LogP contribution < -0.4 is 4.90 Å². The van der Waals surface area contributed by atoms with Crippen molar-refractivity contribution in [1.29, 1.82) is 0 Å². The van der Waals surface area contributed by atoms with E-state index in [1.807, 2.05) is 19.1 Å². The van der Waals surface area contributed by atoms with Gasteiger partial charge in [0.05, 0.1) is 0 Å². The Morgan fingerprint density at radius 2 is 1.55 bits per heavy atom. The molecule has 42 heavy (non-hydrogen) atoms. The highest BCUT2D eigenvalue weighted by molar-refractivity contribution is 5.81. The topological polar surface area (TPSA) is 6.48 Å². The third kappa shape index (κ3) is 6.88. The average molecular weight is 563 g/mol. The molecule has 0 aliphatic carbocycles. The van der Waals surface area contributed by atoms with Gasteiger partial charge < -0.3 is 4.90 Å². The van der Waals surface area contributed by atoms with Crippen molar-refractivity contribution in [3.8, 4) is 0 Å². The fraction of sp³-hybridized carbons (Fsp3) is 0.263. The standard InChI is InChI=1S/C38H40F2N2/c1-5-36(33-12-9-14-35(40)24-33)37-17-16-31(22-28(37)3)25-41-20-18-32(19-21-41)29(4)42(38-15-7-6-10-27(38)2)26-30-11-8-13-34(39)23-30/h5-17,22-24,32H,4,18-21,25-26H2,1-3H3/b36-5-. The van der Waals surface area contributed by atoms with E-state index in [1.165, 1.54) is 28.8 Å². The van der Waals surface area contributed by atoms with Gasteiger partial charge in [-0.3, -0.25) is 4.90 Å². The molecule has 1 aliphatic heterocycles. The number of anilines is 1. The number of halogens is 2. The van der Waals surface area contributed by atoms with Gasteiger partial charge in [-0.2, -0.15) is 0 Å². The molecule has 0 unspecified atom stereocenters. The first-order chi connectivity index (χ1) is 20.3. The van der Waals surface area contributed by atoms with E-state index in [1.54, 1.807) is 24.3 Å². The Labute approximate surface area is 249 Å². The molecule has 1 heterocycles. The van der Waals surface area contributed by atoms with Crippen LogP contribution in [-0.4, -0.2) is 18.0 Å². The number of piperidine rings is 1. The summed E-state index contributed by atoms with van der Waals surface area (Å²) in [7, 11) is 0. The van der Waals surface area contributed by atoms with Crippen molar-refractivity contribution in [2.24, 2.45) is 5.92 Å². The summed E-state index contributed by atoms with van der Waals surface area (Å²) in [5, 5.41) is 0. The highest BCUT2D eigenvalue weighted by atomic mass is 19.1. The first kappa shape index (κ1) is 29.5. The number of likely N-dealkylation sites (tertiary alicyclic amines) is 1. The summed E-state index contributed by atoms with van der Waals surface area (Å²) in [6, 6.07) is 28.7. The van der Waals surface area contributed by atoms with Gasteiger partial charge >= 0.3 is 0 Å². The molecular formula is C38H40F2N2. The molecule has 4 aromatic carbocycles. The van der Waals surface area contributed by atoms with Gasteiger partial charge in [0.1, 0.15) is 11.6 Å². The molecule has 2 nitrogen and oxygen atoms in total. The van der Waals surface area contributed by atoms with E-state index in [4.69, 9.17) is 0 Å². The van der Waals surface area contributed by atoms with E-state index in [-0.39, 0.29) is 11.6 Å². The maximum atomic E-state index is 14.0. The van der Waals surface area contributed by atoms with E-state index >= 15 is 0 Å². The van der Waals surface area contributed by atoms with E-state index in [9.17, 15) is 8.78 Å². The molecule has 0 amide bonds. The first-order valence-corrected chi connectivity index (χ1v) is 14.8. The number of allylic oxidation sites excluding steroid dienone is 2. The number of para-hydroxylation sites is 1. The van der Waals surface area contributed by atoms with Crippen molar-refractivity contribution < 1.29 is 8.78 Å². The molecular weight excluding hydrogens is 522 g/mol. The number of benzene rings is 4. The Morgan fingerprint density at radius 3 is 2.21 bits per heavy atom. The third-order valence-corrected chi connectivity index (χ3v) is 8.45. The molecule has 0 N–H and O–H groups in total. The van der Waals surface area contributed by atoms with Crippen molar-refractivity contribution in [2.75, 3.05) is 18.0 Å². The van der Waals surface area contributed by atoms with Gasteiger partial charge in [0, 0.05) is 30.4 Å².